The quantitative estimate of drug-likeness (QED) is 0.407. The molecule has 30 heavy (non-hydrogen) atoms. The number of benzene rings is 2. The van der Waals surface area contributed by atoms with Crippen LogP contribution in [0.3, 0.4) is 0 Å². The van der Waals surface area contributed by atoms with Gasteiger partial charge in [-0.05, 0) is 37.1 Å². The molecule has 1 saturated heterocycles. The number of rotatable bonds is 5. The molecule has 0 N–H and O–H groups in total. The van der Waals surface area contributed by atoms with Crippen LogP contribution in [0.1, 0.15) is 35.9 Å². The molecule has 2 aromatic carbocycles. The van der Waals surface area contributed by atoms with Gasteiger partial charge in [0.2, 0.25) is 5.91 Å². The van der Waals surface area contributed by atoms with Crippen LogP contribution in [0.2, 0.25) is 0 Å². The van der Waals surface area contributed by atoms with Crippen molar-refractivity contribution in [1.29, 1.82) is 0 Å². The summed E-state index contributed by atoms with van der Waals surface area (Å²) in [6.45, 7) is 1.61. The van der Waals surface area contributed by atoms with Crippen LogP contribution in [0, 0.1) is 0 Å². The summed E-state index contributed by atoms with van der Waals surface area (Å²) < 4.78 is 7.18. The Morgan fingerprint density at radius 3 is 2.77 bits per heavy atom. The molecule has 1 amide bonds. The Kier molecular flexibility index (Phi) is 5.37. The van der Waals surface area contributed by atoms with Gasteiger partial charge in [-0.25, -0.2) is 4.98 Å². The molecule has 3 heterocycles. The fourth-order valence-corrected chi connectivity index (χ4v) is 5.22. The number of thiazole rings is 1. The van der Waals surface area contributed by atoms with Gasteiger partial charge in [0.1, 0.15) is 11.5 Å². The Balaban J connectivity index is 1.20. The van der Waals surface area contributed by atoms with Gasteiger partial charge in [-0.3, -0.25) is 4.79 Å². The van der Waals surface area contributed by atoms with E-state index in [1.165, 1.54) is 4.70 Å². The van der Waals surface area contributed by atoms with E-state index < -0.39 is 0 Å². The Labute approximate surface area is 180 Å². The van der Waals surface area contributed by atoms with Crippen molar-refractivity contribution >= 4 is 27.5 Å². The third kappa shape index (κ3) is 4.03. The van der Waals surface area contributed by atoms with Crippen LogP contribution in [-0.4, -0.2) is 28.9 Å². The zero-order chi connectivity index (χ0) is 20.3. The number of aromatic nitrogens is 1. The smallest absolute Gasteiger partial charge is 0.223 e. The molecule has 0 bridgehead atoms. The average molecular weight is 417 g/mol. The Morgan fingerprint density at radius 1 is 1.07 bits per heavy atom. The summed E-state index contributed by atoms with van der Waals surface area (Å²) in [6.07, 6.45) is 3.25. The molecule has 5 heteroatoms. The van der Waals surface area contributed by atoms with Gasteiger partial charge in [0.05, 0.1) is 15.2 Å². The van der Waals surface area contributed by atoms with Crippen LogP contribution in [0.15, 0.2) is 71.1 Å². The van der Waals surface area contributed by atoms with Crippen molar-refractivity contribution in [2.24, 2.45) is 0 Å². The summed E-state index contributed by atoms with van der Waals surface area (Å²) in [6, 6.07) is 22.3. The monoisotopic (exact) mass is 416 g/mol. The van der Waals surface area contributed by atoms with E-state index >= 15 is 0 Å². The van der Waals surface area contributed by atoms with Gasteiger partial charge in [-0.2, -0.15) is 0 Å². The number of furan rings is 1. The fraction of sp³-hybridized carbons (Fsp3) is 0.280. The number of hydrogen-bond donors (Lipinski definition) is 0. The summed E-state index contributed by atoms with van der Waals surface area (Å²) in [5.41, 5.74) is 2.12. The van der Waals surface area contributed by atoms with Crippen LogP contribution < -0.4 is 0 Å². The van der Waals surface area contributed by atoms with Crippen molar-refractivity contribution in [2.45, 2.75) is 31.6 Å². The first kappa shape index (κ1) is 19.1. The highest BCUT2D eigenvalue weighted by Crippen LogP contribution is 2.33. The number of fused-ring (bicyclic) bond motifs is 1. The molecule has 0 saturated carbocycles. The van der Waals surface area contributed by atoms with Gasteiger partial charge in [0.25, 0.3) is 0 Å². The highest BCUT2D eigenvalue weighted by atomic mass is 32.1. The number of hydrogen-bond acceptors (Lipinski definition) is 4. The highest BCUT2D eigenvalue weighted by Gasteiger charge is 2.26. The largest absolute Gasteiger partial charge is 0.461 e. The van der Waals surface area contributed by atoms with Crippen LogP contribution in [-0.2, 0) is 11.2 Å². The topological polar surface area (TPSA) is 46.3 Å². The number of likely N-dealkylation sites (tertiary alicyclic amines) is 1. The standard InChI is InChI=1S/C25H24N2O2S/c28-24(15-13-20-12-14-22(29-20)18-7-2-1-3-8-18)27-16-6-9-19(17-27)25-26-21-10-4-5-11-23(21)30-25/h1-5,7-8,10-12,14,19H,6,9,13,15-17H2/t19-/m0/s1. The van der Waals surface area contributed by atoms with Crippen molar-refractivity contribution in [2.75, 3.05) is 13.1 Å². The Bertz CT molecular complexity index is 1120. The first-order chi connectivity index (χ1) is 14.8. The number of carbonyl (C=O) groups is 1. The van der Waals surface area contributed by atoms with Crippen molar-refractivity contribution in [3.8, 4) is 11.3 Å². The van der Waals surface area contributed by atoms with Gasteiger partial charge in [0, 0.05) is 37.4 Å². The van der Waals surface area contributed by atoms with Gasteiger partial charge >= 0.3 is 0 Å². The van der Waals surface area contributed by atoms with Crippen molar-refractivity contribution in [3.63, 3.8) is 0 Å². The zero-order valence-electron chi connectivity index (χ0n) is 16.8. The Hall–Kier alpha value is -2.92. The van der Waals surface area contributed by atoms with Gasteiger partial charge in [-0.15, -0.1) is 11.3 Å². The molecule has 1 atom stereocenters. The molecule has 4 aromatic rings. The second-order valence-electron chi connectivity index (χ2n) is 7.83. The third-order valence-corrected chi connectivity index (χ3v) is 6.94. The molecule has 5 rings (SSSR count). The molecule has 1 aliphatic rings. The minimum atomic E-state index is 0.207. The molecule has 4 nitrogen and oxygen atoms in total. The molecule has 1 aliphatic heterocycles. The normalized spacial score (nSPS) is 16.8. The summed E-state index contributed by atoms with van der Waals surface area (Å²) >= 11 is 1.76. The molecular weight excluding hydrogens is 392 g/mol. The molecule has 0 radical (unpaired) electrons. The molecule has 0 aliphatic carbocycles. The fourth-order valence-electron chi connectivity index (χ4n) is 4.13. The average Bonchev–Trinajstić information content (AvgIpc) is 3.45. The van der Waals surface area contributed by atoms with E-state index in [1.807, 2.05) is 53.4 Å². The maximum Gasteiger partial charge on any atom is 0.223 e. The second kappa shape index (κ2) is 8.44. The summed E-state index contributed by atoms with van der Waals surface area (Å²) in [5, 5.41) is 1.16. The molecule has 152 valence electrons. The molecular formula is C25H24N2O2S. The van der Waals surface area contributed by atoms with Crippen LogP contribution in [0.5, 0.6) is 0 Å². The maximum atomic E-state index is 12.9. The first-order valence-electron chi connectivity index (χ1n) is 10.5. The number of piperidine rings is 1. The summed E-state index contributed by atoms with van der Waals surface area (Å²) in [7, 11) is 0. The summed E-state index contributed by atoms with van der Waals surface area (Å²) in [5.74, 6) is 2.26. The molecule has 0 spiro atoms. The predicted molar refractivity (Wildman–Crippen MR) is 121 cm³/mol. The lowest BCUT2D eigenvalue weighted by atomic mass is 9.98. The van der Waals surface area contributed by atoms with E-state index in [1.54, 1.807) is 11.3 Å². The van der Waals surface area contributed by atoms with E-state index in [0.717, 1.165) is 53.5 Å². The number of para-hydroxylation sites is 1. The van der Waals surface area contributed by atoms with E-state index in [4.69, 9.17) is 9.40 Å². The SMILES string of the molecule is O=C(CCc1ccc(-c2ccccc2)o1)N1CCC[C@H](c2nc3ccccc3s2)C1. The van der Waals surface area contributed by atoms with Crippen LogP contribution >= 0.6 is 11.3 Å². The van der Waals surface area contributed by atoms with E-state index in [2.05, 4.69) is 18.2 Å². The second-order valence-corrected chi connectivity index (χ2v) is 8.89. The molecule has 2 aromatic heterocycles. The lowest BCUT2D eigenvalue weighted by Crippen LogP contribution is -2.39. The number of nitrogens with zero attached hydrogens (tertiary/aromatic N) is 2. The van der Waals surface area contributed by atoms with Crippen molar-refractivity contribution < 1.29 is 9.21 Å². The minimum absolute atomic E-state index is 0.207. The minimum Gasteiger partial charge on any atom is -0.461 e. The molecule has 0 unspecified atom stereocenters. The number of amides is 1. The van der Waals surface area contributed by atoms with Gasteiger partial charge < -0.3 is 9.32 Å². The Morgan fingerprint density at radius 2 is 1.90 bits per heavy atom. The van der Waals surface area contributed by atoms with Crippen molar-refractivity contribution in [1.82, 2.24) is 9.88 Å². The lowest BCUT2D eigenvalue weighted by molar-refractivity contribution is -0.132. The van der Waals surface area contributed by atoms with E-state index in [0.29, 0.717) is 18.8 Å². The number of aryl methyl sites for hydroxylation is 1. The van der Waals surface area contributed by atoms with E-state index in [9.17, 15) is 4.79 Å². The lowest BCUT2D eigenvalue weighted by Gasteiger charge is -2.31. The van der Waals surface area contributed by atoms with E-state index in [-0.39, 0.29) is 5.91 Å². The maximum absolute atomic E-state index is 12.9. The predicted octanol–water partition coefficient (Wildman–Crippen LogP) is 5.90. The first-order valence-corrected chi connectivity index (χ1v) is 11.4. The summed E-state index contributed by atoms with van der Waals surface area (Å²) in [4.78, 5) is 19.7. The highest BCUT2D eigenvalue weighted by molar-refractivity contribution is 7.18. The van der Waals surface area contributed by atoms with Crippen LogP contribution in [0.4, 0.5) is 0 Å². The van der Waals surface area contributed by atoms with Crippen molar-refractivity contribution in [3.05, 3.63) is 77.5 Å². The van der Waals surface area contributed by atoms with Gasteiger partial charge in [0.15, 0.2) is 0 Å². The third-order valence-electron chi connectivity index (χ3n) is 5.74. The van der Waals surface area contributed by atoms with Gasteiger partial charge in [-0.1, -0.05) is 42.5 Å². The zero-order valence-corrected chi connectivity index (χ0v) is 17.6. The molecule has 1 fully saturated rings. The van der Waals surface area contributed by atoms with Crippen LogP contribution in [0.25, 0.3) is 21.5 Å². The number of carbonyl (C=O) groups excluding carboxylic acids is 1.